The lowest BCUT2D eigenvalue weighted by Gasteiger charge is -2.15. The lowest BCUT2D eigenvalue weighted by atomic mass is 10.0. The summed E-state index contributed by atoms with van der Waals surface area (Å²) in [6.07, 6.45) is 0.423. The zero-order chi connectivity index (χ0) is 13.1. The molecule has 0 N–H and O–H groups in total. The third-order valence-corrected chi connectivity index (χ3v) is 2.88. The number of ether oxygens (including phenoxy) is 1. The highest BCUT2D eigenvalue weighted by Gasteiger charge is 2.34. The van der Waals surface area contributed by atoms with E-state index >= 15 is 0 Å². The van der Waals surface area contributed by atoms with Crippen molar-refractivity contribution in [2.45, 2.75) is 12.8 Å². The standard InChI is InChI=1S/C9H11FNO5P/c1-17(10,15)5-4-11-8(13)6-2-3-7(12)16-9(6)14/h4,6H,2-3,5H2,1H3/t6-,17?/m1/s1. The molecule has 1 aliphatic heterocycles. The van der Waals surface area contributed by atoms with Gasteiger partial charge in [-0.05, 0) is 6.42 Å². The molecule has 0 aliphatic carbocycles. The van der Waals surface area contributed by atoms with Crippen molar-refractivity contribution in [3.63, 3.8) is 0 Å². The number of carbonyl (C=O) groups excluding carboxylic acids is 3. The van der Waals surface area contributed by atoms with Crippen LogP contribution in [0.2, 0.25) is 0 Å². The molecule has 17 heavy (non-hydrogen) atoms. The van der Waals surface area contributed by atoms with Gasteiger partial charge in [-0.15, -0.1) is 0 Å². The Hall–Kier alpha value is -1.36. The smallest absolute Gasteiger partial charge is 0.326 e. The molecule has 1 unspecified atom stereocenters. The summed E-state index contributed by atoms with van der Waals surface area (Å²) in [4.78, 5) is 36.5. The predicted octanol–water partition coefficient (Wildman–Crippen LogP) is 0.941. The summed E-state index contributed by atoms with van der Waals surface area (Å²) in [6.45, 7) is 0.914. The van der Waals surface area contributed by atoms with Gasteiger partial charge in [-0.25, -0.2) is 4.99 Å². The van der Waals surface area contributed by atoms with Gasteiger partial charge in [0.2, 0.25) is 7.45 Å². The number of cyclic esters (lactones) is 2. The molecule has 6 nitrogen and oxygen atoms in total. The van der Waals surface area contributed by atoms with Crippen LogP contribution in [0.4, 0.5) is 4.20 Å². The lowest BCUT2D eigenvalue weighted by molar-refractivity contribution is -0.168. The van der Waals surface area contributed by atoms with Crippen molar-refractivity contribution in [3.8, 4) is 0 Å². The maximum atomic E-state index is 12.6. The van der Waals surface area contributed by atoms with Crippen LogP contribution in [0.3, 0.4) is 0 Å². The van der Waals surface area contributed by atoms with Crippen LogP contribution >= 0.6 is 7.45 Å². The first-order valence-electron chi connectivity index (χ1n) is 4.86. The minimum atomic E-state index is -3.76. The highest BCUT2D eigenvalue weighted by atomic mass is 31.2. The van der Waals surface area contributed by atoms with Crippen LogP contribution in [0, 0.1) is 5.92 Å². The molecular formula is C9H11FNO5P. The lowest BCUT2D eigenvalue weighted by Crippen LogP contribution is -2.32. The molecule has 1 amide bonds. The average Bonchev–Trinajstić information content (AvgIpc) is 2.15. The van der Waals surface area contributed by atoms with Crippen molar-refractivity contribution in [1.82, 2.24) is 0 Å². The number of hydrogen-bond acceptors (Lipinski definition) is 5. The zero-order valence-corrected chi connectivity index (χ0v) is 9.98. The Balaban J connectivity index is 2.56. The second-order valence-corrected chi connectivity index (χ2v) is 6.04. The fourth-order valence-corrected chi connectivity index (χ4v) is 1.58. The van der Waals surface area contributed by atoms with Crippen molar-refractivity contribution in [2.75, 3.05) is 12.8 Å². The van der Waals surface area contributed by atoms with Gasteiger partial charge in [-0.2, -0.15) is 4.20 Å². The Bertz CT molecular complexity index is 427. The van der Waals surface area contributed by atoms with Crippen molar-refractivity contribution in [2.24, 2.45) is 10.9 Å². The van der Waals surface area contributed by atoms with Gasteiger partial charge in [0.1, 0.15) is 5.92 Å². The molecule has 1 saturated heterocycles. The fourth-order valence-electron chi connectivity index (χ4n) is 1.21. The molecule has 1 fully saturated rings. The summed E-state index contributed by atoms with van der Waals surface area (Å²) in [5, 5.41) is 0. The highest BCUT2D eigenvalue weighted by molar-refractivity contribution is 7.58. The van der Waals surface area contributed by atoms with Crippen molar-refractivity contribution >= 4 is 31.5 Å². The molecule has 0 aromatic rings. The Morgan fingerprint density at radius 2 is 2.29 bits per heavy atom. The minimum Gasteiger partial charge on any atom is -0.393 e. The molecule has 0 bridgehead atoms. The number of carbonyl (C=O) groups is 3. The monoisotopic (exact) mass is 263 g/mol. The minimum absolute atomic E-state index is 0.0347. The van der Waals surface area contributed by atoms with Gasteiger partial charge in [0.25, 0.3) is 5.91 Å². The largest absolute Gasteiger partial charge is 0.393 e. The van der Waals surface area contributed by atoms with Crippen molar-refractivity contribution in [1.29, 1.82) is 0 Å². The average molecular weight is 263 g/mol. The number of amides is 1. The molecule has 1 aliphatic rings. The van der Waals surface area contributed by atoms with Gasteiger partial charge >= 0.3 is 11.9 Å². The molecule has 0 saturated carbocycles. The Kier molecular flexibility index (Phi) is 4.28. The van der Waals surface area contributed by atoms with E-state index in [1.54, 1.807) is 0 Å². The zero-order valence-electron chi connectivity index (χ0n) is 9.09. The molecule has 0 radical (unpaired) electrons. The first-order chi connectivity index (χ1) is 7.79. The second-order valence-electron chi connectivity index (χ2n) is 3.70. The molecule has 94 valence electrons. The number of aliphatic imine (C=N–C) groups is 1. The maximum Gasteiger partial charge on any atom is 0.326 e. The topological polar surface area (TPSA) is 89.9 Å². The summed E-state index contributed by atoms with van der Waals surface area (Å²) in [7, 11) is -3.76. The van der Waals surface area contributed by atoms with Gasteiger partial charge in [0.15, 0.2) is 0 Å². The highest BCUT2D eigenvalue weighted by Crippen LogP contribution is 2.41. The van der Waals surface area contributed by atoms with E-state index in [9.17, 15) is 23.1 Å². The van der Waals surface area contributed by atoms with E-state index in [1.165, 1.54) is 0 Å². The van der Waals surface area contributed by atoms with E-state index in [0.29, 0.717) is 0 Å². The van der Waals surface area contributed by atoms with E-state index in [4.69, 9.17) is 0 Å². The van der Waals surface area contributed by atoms with Crippen molar-refractivity contribution in [3.05, 3.63) is 0 Å². The van der Waals surface area contributed by atoms with Crippen LogP contribution in [-0.4, -0.2) is 36.9 Å². The predicted molar refractivity (Wildman–Crippen MR) is 56.8 cm³/mol. The van der Waals surface area contributed by atoms with Crippen LogP contribution < -0.4 is 0 Å². The Labute approximate surface area is 96.7 Å². The van der Waals surface area contributed by atoms with Gasteiger partial charge < -0.3 is 4.74 Å². The number of nitrogens with zero attached hydrogens (tertiary/aromatic N) is 1. The number of hydrogen-bond donors (Lipinski definition) is 0. The number of rotatable bonds is 3. The number of halogens is 1. The summed E-state index contributed by atoms with van der Waals surface area (Å²) >= 11 is 0. The molecule has 1 heterocycles. The summed E-state index contributed by atoms with van der Waals surface area (Å²) in [6, 6.07) is 0. The molecule has 2 atom stereocenters. The quantitative estimate of drug-likeness (QED) is 0.327. The van der Waals surface area contributed by atoms with E-state index in [1.807, 2.05) is 0 Å². The molecular weight excluding hydrogens is 252 g/mol. The first kappa shape index (κ1) is 13.7. The fraction of sp³-hybridized carbons (Fsp3) is 0.556. The van der Waals surface area contributed by atoms with Crippen LogP contribution in [0.25, 0.3) is 0 Å². The molecule has 8 heteroatoms. The van der Waals surface area contributed by atoms with Crippen LogP contribution in [0.15, 0.2) is 4.99 Å². The SMILES string of the molecule is CP(=O)(F)CC=NC(=O)[C@H]1CCC(=O)OC1=O. The Morgan fingerprint density at radius 3 is 2.82 bits per heavy atom. The van der Waals surface area contributed by atoms with E-state index < -0.39 is 37.4 Å². The van der Waals surface area contributed by atoms with E-state index in [-0.39, 0.29) is 12.8 Å². The third-order valence-electron chi connectivity index (χ3n) is 2.06. The van der Waals surface area contributed by atoms with E-state index in [2.05, 4.69) is 9.73 Å². The summed E-state index contributed by atoms with van der Waals surface area (Å²) in [5.41, 5.74) is 0. The van der Waals surface area contributed by atoms with Gasteiger partial charge in [0, 0.05) is 19.3 Å². The van der Waals surface area contributed by atoms with Gasteiger partial charge in [0.05, 0.1) is 6.16 Å². The van der Waals surface area contributed by atoms with Crippen LogP contribution in [-0.2, 0) is 23.7 Å². The third kappa shape index (κ3) is 4.56. The van der Waals surface area contributed by atoms with Gasteiger partial charge in [-0.1, -0.05) is 0 Å². The van der Waals surface area contributed by atoms with Crippen molar-refractivity contribution < 1.29 is 27.9 Å². The summed E-state index contributed by atoms with van der Waals surface area (Å²) in [5.74, 6) is -3.55. The molecule has 0 aromatic heterocycles. The number of esters is 2. The van der Waals surface area contributed by atoms with E-state index in [0.717, 1.165) is 12.9 Å². The van der Waals surface area contributed by atoms with Gasteiger partial charge in [-0.3, -0.25) is 18.9 Å². The molecule has 0 spiro atoms. The molecule has 0 aromatic carbocycles. The van der Waals surface area contributed by atoms with Crippen LogP contribution in [0.1, 0.15) is 12.8 Å². The maximum absolute atomic E-state index is 12.6. The van der Waals surface area contributed by atoms with Crippen LogP contribution in [0.5, 0.6) is 0 Å². The normalized spacial score (nSPS) is 24.5. The second kappa shape index (κ2) is 5.31. The first-order valence-corrected chi connectivity index (χ1v) is 7.09. The Morgan fingerprint density at radius 1 is 1.65 bits per heavy atom. The summed E-state index contributed by atoms with van der Waals surface area (Å²) < 4.78 is 27.6. The molecule has 1 rings (SSSR count).